The number of halogens is 4. The minimum Gasteiger partial charge on any atom is -0.507 e. The van der Waals surface area contributed by atoms with Crippen LogP contribution >= 0.6 is 11.6 Å². The Bertz CT molecular complexity index is 1120. The molecule has 0 amide bonds. The lowest BCUT2D eigenvalue weighted by Gasteiger charge is -2.28. The van der Waals surface area contributed by atoms with Crippen molar-refractivity contribution in [2.75, 3.05) is 0 Å². The molecule has 1 heterocycles. The van der Waals surface area contributed by atoms with Crippen molar-refractivity contribution in [3.63, 3.8) is 0 Å². The number of alkyl halides is 3. The molecule has 31 heavy (non-hydrogen) atoms. The highest BCUT2D eigenvalue weighted by Gasteiger charge is 2.38. The van der Waals surface area contributed by atoms with E-state index in [1.54, 1.807) is 6.08 Å². The largest absolute Gasteiger partial charge is 0.507 e. The molecule has 1 aliphatic heterocycles. The van der Waals surface area contributed by atoms with E-state index in [4.69, 9.17) is 16.3 Å². The molecule has 0 bridgehead atoms. The number of aromatic hydroxyl groups is 2. The number of fused-ring (bicyclic) bond motifs is 1. The Morgan fingerprint density at radius 1 is 1.16 bits per heavy atom. The third-order valence-corrected chi connectivity index (χ3v) is 5.13. The van der Waals surface area contributed by atoms with Crippen LogP contribution in [0.2, 0.25) is 5.02 Å². The van der Waals surface area contributed by atoms with Gasteiger partial charge in [-0.3, -0.25) is 0 Å². The Morgan fingerprint density at radius 2 is 1.84 bits per heavy atom. The summed E-state index contributed by atoms with van der Waals surface area (Å²) in [6.07, 6.45) is -2.51. The van der Waals surface area contributed by atoms with E-state index in [1.165, 1.54) is 6.07 Å². The summed E-state index contributed by atoms with van der Waals surface area (Å²) in [6.45, 7) is 3.64. The predicted octanol–water partition coefficient (Wildman–Crippen LogP) is 5.88. The lowest BCUT2D eigenvalue weighted by atomic mass is 9.89. The number of benzene rings is 2. The van der Waals surface area contributed by atoms with Gasteiger partial charge in [0.05, 0.1) is 16.1 Å². The summed E-state index contributed by atoms with van der Waals surface area (Å²) in [4.78, 5) is 11.8. The third kappa shape index (κ3) is 4.20. The van der Waals surface area contributed by atoms with Crippen molar-refractivity contribution in [3.05, 3.63) is 69.0 Å². The molecule has 0 fully saturated rings. The van der Waals surface area contributed by atoms with Crippen molar-refractivity contribution in [2.45, 2.75) is 32.4 Å². The Labute approximate surface area is 180 Å². The van der Waals surface area contributed by atoms with Crippen molar-refractivity contribution in [3.8, 4) is 17.2 Å². The number of carbonyl (C=O) groups excluding carboxylic acids is 1. The molecule has 2 aromatic carbocycles. The summed E-state index contributed by atoms with van der Waals surface area (Å²) in [5.41, 5.74) is -0.294. The van der Waals surface area contributed by atoms with Crippen LogP contribution < -0.4 is 4.74 Å². The number of aliphatic hydroxyl groups excluding tert-OH is 1. The second kappa shape index (κ2) is 8.19. The smallest absolute Gasteiger partial charge is 0.417 e. The highest BCUT2D eigenvalue weighted by molar-refractivity contribution is 6.31. The molecule has 0 aliphatic carbocycles. The fraction of sp³-hybridized carbons (Fsp3) is 0.227. The first-order valence-electron chi connectivity index (χ1n) is 9.10. The molecular weight excluding hydrogens is 437 g/mol. The molecule has 1 unspecified atom stereocenters. The van der Waals surface area contributed by atoms with Gasteiger partial charge in [0.15, 0.2) is 11.5 Å². The lowest BCUT2D eigenvalue weighted by molar-refractivity contribution is -0.137. The maximum absolute atomic E-state index is 13.3. The molecule has 0 spiro atoms. The first kappa shape index (κ1) is 22.6. The second-order valence-corrected chi connectivity index (χ2v) is 7.65. The number of allylic oxidation sites excluding steroid dienone is 3. The number of carbonyl (C=O) groups is 1. The lowest BCUT2D eigenvalue weighted by Crippen LogP contribution is -2.18. The van der Waals surface area contributed by atoms with Gasteiger partial charge in [-0.05, 0) is 38.5 Å². The van der Waals surface area contributed by atoms with Crippen LogP contribution in [0.25, 0.3) is 5.76 Å². The third-order valence-electron chi connectivity index (χ3n) is 4.80. The number of hydrogen-bond donors (Lipinski definition) is 3. The van der Waals surface area contributed by atoms with Crippen LogP contribution in [0.3, 0.4) is 0 Å². The molecule has 5 nitrogen and oxygen atoms in total. The minimum atomic E-state index is -4.76. The summed E-state index contributed by atoms with van der Waals surface area (Å²) < 4.78 is 45.6. The maximum Gasteiger partial charge on any atom is 0.417 e. The van der Waals surface area contributed by atoms with E-state index in [9.17, 15) is 33.3 Å². The molecule has 1 atom stereocenters. The molecule has 0 saturated carbocycles. The first-order chi connectivity index (χ1) is 14.5. The number of rotatable bonds is 4. The average molecular weight is 455 g/mol. The SMILES string of the molecule is CC(C)=CCc1c(O)cc(O)c2c1OC(c1ccc(Cl)c(C(F)(F)F)c1)=C(O)C2C=O. The van der Waals surface area contributed by atoms with Crippen LogP contribution in [0, 0.1) is 0 Å². The van der Waals surface area contributed by atoms with Crippen LogP contribution in [0.15, 0.2) is 41.7 Å². The zero-order chi connectivity index (χ0) is 23.1. The van der Waals surface area contributed by atoms with Crippen LogP contribution in [0.4, 0.5) is 13.2 Å². The van der Waals surface area contributed by atoms with Gasteiger partial charge in [0, 0.05) is 17.2 Å². The number of hydrogen-bond acceptors (Lipinski definition) is 5. The van der Waals surface area contributed by atoms with E-state index in [0.717, 1.165) is 17.7 Å². The van der Waals surface area contributed by atoms with Crippen molar-refractivity contribution in [2.24, 2.45) is 0 Å². The Morgan fingerprint density at radius 3 is 2.42 bits per heavy atom. The van der Waals surface area contributed by atoms with Gasteiger partial charge in [-0.15, -0.1) is 0 Å². The fourth-order valence-corrected chi connectivity index (χ4v) is 3.49. The molecule has 3 rings (SSSR count). The highest BCUT2D eigenvalue weighted by Crippen LogP contribution is 2.50. The van der Waals surface area contributed by atoms with Gasteiger partial charge in [0.1, 0.15) is 29.5 Å². The Hall–Kier alpha value is -3.13. The molecule has 0 radical (unpaired) electrons. The Balaban J connectivity index is 2.24. The van der Waals surface area contributed by atoms with Crippen LogP contribution in [-0.4, -0.2) is 21.6 Å². The van der Waals surface area contributed by atoms with Gasteiger partial charge in [-0.2, -0.15) is 13.2 Å². The summed E-state index contributed by atoms with van der Waals surface area (Å²) in [6, 6.07) is 3.92. The van der Waals surface area contributed by atoms with Crippen molar-refractivity contribution in [1.82, 2.24) is 0 Å². The van der Waals surface area contributed by atoms with Gasteiger partial charge in [0.25, 0.3) is 0 Å². The Kier molecular flexibility index (Phi) is 5.96. The maximum atomic E-state index is 13.3. The van der Waals surface area contributed by atoms with Gasteiger partial charge >= 0.3 is 6.18 Å². The number of aliphatic hydroxyl groups is 1. The van der Waals surface area contributed by atoms with Crippen molar-refractivity contribution < 1.29 is 38.0 Å². The van der Waals surface area contributed by atoms with Gasteiger partial charge in [-0.25, -0.2) is 0 Å². The van der Waals surface area contributed by atoms with Crippen molar-refractivity contribution in [1.29, 1.82) is 0 Å². The van der Waals surface area contributed by atoms with E-state index in [1.807, 2.05) is 13.8 Å². The van der Waals surface area contributed by atoms with E-state index in [2.05, 4.69) is 0 Å². The average Bonchev–Trinajstić information content (AvgIpc) is 2.67. The van der Waals surface area contributed by atoms with Gasteiger partial charge in [-0.1, -0.05) is 23.3 Å². The monoisotopic (exact) mass is 454 g/mol. The fourth-order valence-electron chi connectivity index (χ4n) is 3.27. The van der Waals surface area contributed by atoms with Crippen LogP contribution in [0.5, 0.6) is 17.2 Å². The molecule has 0 aromatic heterocycles. The number of phenols is 2. The zero-order valence-corrected chi connectivity index (χ0v) is 17.2. The number of ether oxygens (including phenoxy) is 1. The minimum absolute atomic E-state index is 0.0868. The van der Waals surface area contributed by atoms with Gasteiger partial charge < -0.3 is 24.9 Å². The van der Waals surface area contributed by atoms with E-state index >= 15 is 0 Å². The summed E-state index contributed by atoms with van der Waals surface area (Å²) >= 11 is 5.66. The molecule has 2 aromatic rings. The number of aldehydes is 1. The molecule has 1 aliphatic rings. The van der Waals surface area contributed by atoms with E-state index in [-0.39, 0.29) is 34.6 Å². The summed E-state index contributed by atoms with van der Waals surface area (Å²) in [5, 5.41) is 30.7. The second-order valence-electron chi connectivity index (χ2n) is 7.24. The highest BCUT2D eigenvalue weighted by atomic mass is 35.5. The molecule has 3 N–H and O–H groups in total. The molecule has 0 saturated heterocycles. The van der Waals surface area contributed by atoms with E-state index in [0.29, 0.717) is 12.4 Å². The summed E-state index contributed by atoms with van der Waals surface area (Å²) in [5.74, 6) is -3.42. The van der Waals surface area contributed by atoms with Gasteiger partial charge in [0.2, 0.25) is 0 Å². The predicted molar refractivity (Wildman–Crippen MR) is 108 cm³/mol. The molecular formula is C22H18ClF3O5. The van der Waals surface area contributed by atoms with Crippen LogP contribution in [-0.2, 0) is 17.4 Å². The quantitative estimate of drug-likeness (QED) is 0.396. The topological polar surface area (TPSA) is 87.0 Å². The molecule has 164 valence electrons. The standard InChI is InChI=1S/C22H18ClF3O5/c1-10(2)3-5-12-16(28)8-17(29)18-13(9-27)19(30)20(31-21(12)18)11-4-6-15(23)14(7-11)22(24,25)26/h3-4,6-9,13,28-30H,5H2,1-2H3. The van der Waals surface area contributed by atoms with Crippen molar-refractivity contribution >= 4 is 23.6 Å². The van der Waals surface area contributed by atoms with E-state index < -0.39 is 39.9 Å². The molecule has 9 heteroatoms. The first-order valence-corrected chi connectivity index (χ1v) is 9.48. The van der Waals surface area contributed by atoms with Crippen LogP contribution in [0.1, 0.15) is 42.0 Å². The number of phenolic OH excluding ortho intramolecular Hbond substituents is 2. The zero-order valence-electron chi connectivity index (χ0n) is 16.4. The normalized spacial score (nSPS) is 15.9. The summed E-state index contributed by atoms with van der Waals surface area (Å²) in [7, 11) is 0.